The largest absolute Gasteiger partial charge is 0.266 e. The fourth-order valence-electron chi connectivity index (χ4n) is 3.85. The number of allylic oxidation sites excluding steroid dienone is 4. The fraction of sp³-hybridized carbons (Fsp3) is 0.154. The third-order valence-corrected chi connectivity index (χ3v) is 8.32. The first-order chi connectivity index (χ1) is 16.7. The summed E-state index contributed by atoms with van der Waals surface area (Å²) in [5.41, 5.74) is 3.72. The number of aromatic nitrogens is 2. The molecule has 1 heterocycles. The Labute approximate surface area is 215 Å². The van der Waals surface area contributed by atoms with Crippen LogP contribution in [0.3, 0.4) is 0 Å². The molecule has 4 rings (SSSR count). The van der Waals surface area contributed by atoms with Crippen LogP contribution in [-0.4, -0.2) is 35.5 Å². The molecule has 6 nitrogen and oxygen atoms in total. The molecular formula is C26H24Cl2N4O2S. The number of benzene rings is 2. The van der Waals surface area contributed by atoms with E-state index < -0.39 is 15.3 Å². The summed E-state index contributed by atoms with van der Waals surface area (Å²) in [7, 11) is -2.68. The molecule has 9 heteroatoms. The Morgan fingerprint density at radius 2 is 1.74 bits per heavy atom. The lowest BCUT2D eigenvalue weighted by Crippen LogP contribution is -2.39. The number of rotatable bonds is 6. The van der Waals surface area contributed by atoms with Gasteiger partial charge in [0.05, 0.1) is 0 Å². The molecule has 1 aliphatic carbocycles. The highest BCUT2D eigenvalue weighted by atomic mass is 35.5. The SMILES string of the molecule is C=CC(c1ccc(Cl)cc1)S(=O)(=O)N(C)C(=N)n1cc(C2=CCCC=C2)c(-c2ccc(Cl)cc2)n1. The molecule has 180 valence electrons. The Bertz CT molecular complexity index is 1420. The van der Waals surface area contributed by atoms with Gasteiger partial charge in [0.15, 0.2) is 0 Å². The van der Waals surface area contributed by atoms with Crippen LogP contribution in [0.25, 0.3) is 16.8 Å². The van der Waals surface area contributed by atoms with Gasteiger partial charge in [-0.1, -0.05) is 71.8 Å². The number of hydrogen-bond acceptors (Lipinski definition) is 4. The van der Waals surface area contributed by atoms with Gasteiger partial charge in [-0.15, -0.1) is 6.58 Å². The lowest BCUT2D eigenvalue weighted by atomic mass is 9.97. The monoisotopic (exact) mass is 526 g/mol. The second-order valence-electron chi connectivity index (χ2n) is 8.03. The van der Waals surface area contributed by atoms with Crippen molar-refractivity contribution in [1.29, 1.82) is 5.41 Å². The van der Waals surface area contributed by atoms with Gasteiger partial charge in [-0.25, -0.2) is 17.4 Å². The summed E-state index contributed by atoms with van der Waals surface area (Å²) >= 11 is 12.0. The minimum atomic E-state index is -4.02. The molecule has 0 radical (unpaired) electrons. The summed E-state index contributed by atoms with van der Waals surface area (Å²) in [4.78, 5) is 0. The number of nitrogens with one attached hydrogen (secondary N) is 1. The first-order valence-electron chi connectivity index (χ1n) is 10.9. The van der Waals surface area contributed by atoms with Crippen molar-refractivity contribution in [2.75, 3.05) is 7.05 Å². The molecule has 2 aromatic carbocycles. The van der Waals surface area contributed by atoms with Crippen LogP contribution in [0.1, 0.15) is 29.2 Å². The van der Waals surface area contributed by atoms with Crippen LogP contribution in [0.5, 0.6) is 0 Å². The fourth-order valence-corrected chi connectivity index (χ4v) is 5.51. The predicted octanol–water partition coefficient (Wildman–Crippen LogP) is 6.56. The van der Waals surface area contributed by atoms with Crippen LogP contribution in [0.4, 0.5) is 0 Å². The first kappa shape index (κ1) is 25.0. The molecule has 1 atom stereocenters. The first-order valence-corrected chi connectivity index (χ1v) is 13.2. The number of halogens is 2. The third-order valence-electron chi connectivity index (χ3n) is 5.77. The molecule has 1 aliphatic rings. The Kier molecular flexibility index (Phi) is 7.31. The molecular weight excluding hydrogens is 503 g/mol. The molecule has 0 spiro atoms. The highest BCUT2D eigenvalue weighted by Crippen LogP contribution is 2.32. The summed E-state index contributed by atoms with van der Waals surface area (Å²) < 4.78 is 29.1. The molecule has 0 fully saturated rings. The van der Waals surface area contributed by atoms with Crippen molar-refractivity contribution in [2.45, 2.75) is 18.1 Å². The lowest BCUT2D eigenvalue weighted by Gasteiger charge is -2.24. The Balaban J connectivity index is 1.73. The topological polar surface area (TPSA) is 79.0 Å². The van der Waals surface area contributed by atoms with Crippen molar-refractivity contribution in [3.63, 3.8) is 0 Å². The van der Waals surface area contributed by atoms with Gasteiger partial charge < -0.3 is 0 Å². The highest BCUT2D eigenvalue weighted by molar-refractivity contribution is 7.90. The molecule has 0 bridgehead atoms. The number of hydrogen-bond donors (Lipinski definition) is 1. The van der Waals surface area contributed by atoms with Crippen molar-refractivity contribution in [1.82, 2.24) is 14.1 Å². The van der Waals surface area contributed by atoms with Gasteiger partial charge >= 0.3 is 0 Å². The van der Waals surface area contributed by atoms with Crippen molar-refractivity contribution >= 4 is 44.8 Å². The van der Waals surface area contributed by atoms with Gasteiger partial charge in [0.25, 0.3) is 0 Å². The molecule has 0 saturated heterocycles. The van der Waals surface area contributed by atoms with Crippen molar-refractivity contribution in [3.8, 4) is 11.3 Å². The van der Waals surface area contributed by atoms with Gasteiger partial charge in [-0.05, 0) is 48.2 Å². The number of nitrogens with zero attached hydrogens (tertiary/aromatic N) is 3. The van der Waals surface area contributed by atoms with E-state index in [0.717, 1.165) is 33.8 Å². The lowest BCUT2D eigenvalue weighted by molar-refractivity contribution is 0.537. The minimum absolute atomic E-state index is 0.312. The van der Waals surface area contributed by atoms with Crippen molar-refractivity contribution in [2.24, 2.45) is 0 Å². The van der Waals surface area contributed by atoms with E-state index in [0.29, 0.717) is 21.3 Å². The van der Waals surface area contributed by atoms with Gasteiger partial charge in [-0.2, -0.15) is 5.10 Å². The molecule has 3 aromatic rings. The summed E-state index contributed by atoms with van der Waals surface area (Å²) in [6.45, 7) is 3.71. The zero-order valence-corrected chi connectivity index (χ0v) is 21.4. The quantitative estimate of drug-likeness (QED) is 0.224. The molecule has 35 heavy (non-hydrogen) atoms. The van der Waals surface area contributed by atoms with Crippen LogP contribution < -0.4 is 0 Å². The Morgan fingerprint density at radius 3 is 2.31 bits per heavy atom. The van der Waals surface area contributed by atoms with Gasteiger partial charge in [0, 0.05) is 34.4 Å². The van der Waals surface area contributed by atoms with Crippen LogP contribution >= 0.6 is 23.2 Å². The molecule has 1 N–H and O–H groups in total. The maximum absolute atomic E-state index is 13.5. The van der Waals surface area contributed by atoms with E-state index >= 15 is 0 Å². The van der Waals surface area contributed by atoms with E-state index in [1.165, 1.54) is 17.8 Å². The zero-order valence-electron chi connectivity index (χ0n) is 19.0. The van der Waals surface area contributed by atoms with Crippen LogP contribution in [0.15, 0.2) is 85.6 Å². The van der Waals surface area contributed by atoms with Crippen molar-refractivity contribution < 1.29 is 8.42 Å². The summed E-state index contributed by atoms with van der Waals surface area (Å²) in [6, 6.07) is 13.8. The summed E-state index contributed by atoms with van der Waals surface area (Å²) in [5.74, 6) is -0.312. The van der Waals surface area contributed by atoms with Crippen molar-refractivity contribution in [3.05, 3.63) is 107 Å². The van der Waals surface area contributed by atoms with Crippen LogP contribution in [0, 0.1) is 5.41 Å². The molecule has 0 amide bonds. The van der Waals surface area contributed by atoms with E-state index in [4.69, 9.17) is 28.6 Å². The third kappa shape index (κ3) is 5.12. The van der Waals surface area contributed by atoms with E-state index in [2.05, 4.69) is 23.8 Å². The minimum Gasteiger partial charge on any atom is -0.266 e. The summed E-state index contributed by atoms with van der Waals surface area (Å²) in [6.07, 6.45) is 11.1. The summed E-state index contributed by atoms with van der Waals surface area (Å²) in [5, 5.41) is 13.4. The average Bonchev–Trinajstić information content (AvgIpc) is 3.31. The van der Waals surface area contributed by atoms with E-state index in [1.807, 2.05) is 18.2 Å². The smallest absolute Gasteiger partial charge is 0.247 e. The average molecular weight is 527 g/mol. The predicted molar refractivity (Wildman–Crippen MR) is 143 cm³/mol. The van der Waals surface area contributed by atoms with E-state index in [9.17, 15) is 8.42 Å². The van der Waals surface area contributed by atoms with Crippen LogP contribution in [-0.2, 0) is 10.0 Å². The zero-order chi connectivity index (χ0) is 25.2. The van der Waals surface area contributed by atoms with E-state index in [-0.39, 0.29) is 5.96 Å². The normalized spacial score (nSPS) is 14.3. The second-order valence-corrected chi connectivity index (χ2v) is 11.0. The second kappa shape index (κ2) is 10.2. The van der Waals surface area contributed by atoms with E-state index in [1.54, 1.807) is 42.6 Å². The van der Waals surface area contributed by atoms with Gasteiger partial charge in [0.2, 0.25) is 16.0 Å². The Hall–Kier alpha value is -3.13. The standard InChI is InChI=1S/C26H24Cl2N4O2S/c1-3-24(19-9-13-21(27)14-10-19)35(33,34)31(2)26(29)32-17-23(18-7-5-4-6-8-18)25(30-32)20-11-15-22(28)16-12-20/h3,5,7-17,24,29H,1,4,6H2,2H3. The van der Waals surface area contributed by atoms with Gasteiger partial charge in [0.1, 0.15) is 10.9 Å². The maximum Gasteiger partial charge on any atom is 0.247 e. The van der Waals surface area contributed by atoms with Gasteiger partial charge in [-0.3, -0.25) is 5.41 Å². The molecule has 0 aliphatic heterocycles. The Morgan fingerprint density at radius 1 is 1.11 bits per heavy atom. The van der Waals surface area contributed by atoms with Crippen LogP contribution in [0.2, 0.25) is 10.0 Å². The maximum atomic E-state index is 13.5. The molecule has 1 aromatic heterocycles. The highest BCUT2D eigenvalue weighted by Gasteiger charge is 2.32. The number of sulfonamides is 1. The molecule has 0 saturated carbocycles. The molecule has 1 unspecified atom stereocenters.